The number of hydrogen-bond acceptors (Lipinski definition) is 2. The SMILES string of the molecule is CC(C)(N)CCc1ccc(C(N)=O)cc1. The van der Waals surface area contributed by atoms with Gasteiger partial charge in [-0.1, -0.05) is 12.1 Å². The molecule has 0 atom stereocenters. The highest BCUT2D eigenvalue weighted by atomic mass is 16.1. The molecule has 0 aromatic heterocycles. The Morgan fingerprint density at radius 3 is 2.20 bits per heavy atom. The molecule has 3 nitrogen and oxygen atoms in total. The average molecular weight is 206 g/mol. The number of benzene rings is 1. The van der Waals surface area contributed by atoms with Gasteiger partial charge in [-0.05, 0) is 44.4 Å². The monoisotopic (exact) mass is 206 g/mol. The molecule has 0 saturated carbocycles. The van der Waals surface area contributed by atoms with Gasteiger partial charge in [0.15, 0.2) is 0 Å². The molecule has 0 spiro atoms. The first-order valence-corrected chi connectivity index (χ1v) is 5.06. The maximum atomic E-state index is 10.8. The molecule has 82 valence electrons. The first-order valence-electron chi connectivity index (χ1n) is 5.06. The Morgan fingerprint density at radius 1 is 1.27 bits per heavy atom. The summed E-state index contributed by atoms with van der Waals surface area (Å²) in [6.45, 7) is 4.01. The van der Waals surface area contributed by atoms with Gasteiger partial charge in [0.25, 0.3) is 0 Å². The maximum Gasteiger partial charge on any atom is 0.248 e. The van der Waals surface area contributed by atoms with Gasteiger partial charge < -0.3 is 11.5 Å². The molecule has 4 N–H and O–H groups in total. The third-order valence-corrected chi connectivity index (χ3v) is 2.30. The highest BCUT2D eigenvalue weighted by molar-refractivity contribution is 5.92. The standard InChI is InChI=1S/C12H18N2O/c1-12(2,14)8-7-9-3-5-10(6-4-9)11(13)15/h3-6H,7-8,14H2,1-2H3,(H2,13,15). The number of nitrogens with two attached hydrogens (primary N) is 2. The minimum Gasteiger partial charge on any atom is -0.366 e. The number of amides is 1. The van der Waals surface area contributed by atoms with Crippen molar-refractivity contribution < 1.29 is 4.79 Å². The van der Waals surface area contributed by atoms with E-state index in [4.69, 9.17) is 11.5 Å². The molecular weight excluding hydrogens is 188 g/mol. The predicted molar refractivity (Wildman–Crippen MR) is 61.5 cm³/mol. The largest absolute Gasteiger partial charge is 0.366 e. The van der Waals surface area contributed by atoms with E-state index in [1.807, 2.05) is 26.0 Å². The lowest BCUT2D eigenvalue weighted by Gasteiger charge is -2.17. The van der Waals surface area contributed by atoms with Crippen molar-refractivity contribution >= 4 is 5.91 Å². The van der Waals surface area contributed by atoms with Crippen molar-refractivity contribution in [3.8, 4) is 0 Å². The third kappa shape index (κ3) is 4.13. The molecular formula is C12H18N2O. The first kappa shape index (κ1) is 11.7. The van der Waals surface area contributed by atoms with Gasteiger partial charge in [-0.2, -0.15) is 0 Å². The van der Waals surface area contributed by atoms with E-state index in [9.17, 15) is 4.79 Å². The summed E-state index contributed by atoms with van der Waals surface area (Å²) in [5, 5.41) is 0. The van der Waals surface area contributed by atoms with Crippen molar-refractivity contribution in [2.24, 2.45) is 11.5 Å². The molecule has 15 heavy (non-hydrogen) atoms. The lowest BCUT2D eigenvalue weighted by Crippen LogP contribution is -2.32. The molecule has 0 aliphatic heterocycles. The van der Waals surface area contributed by atoms with E-state index in [1.165, 1.54) is 5.56 Å². The van der Waals surface area contributed by atoms with E-state index in [2.05, 4.69) is 0 Å². The zero-order valence-corrected chi connectivity index (χ0v) is 9.29. The van der Waals surface area contributed by atoms with Crippen LogP contribution in [-0.4, -0.2) is 11.4 Å². The minimum absolute atomic E-state index is 0.150. The lowest BCUT2D eigenvalue weighted by atomic mass is 9.96. The molecule has 0 heterocycles. The summed E-state index contributed by atoms with van der Waals surface area (Å²) in [4.78, 5) is 10.8. The highest BCUT2D eigenvalue weighted by Gasteiger charge is 2.10. The topological polar surface area (TPSA) is 69.1 Å². The Morgan fingerprint density at radius 2 is 1.80 bits per heavy atom. The van der Waals surface area contributed by atoms with Crippen LogP contribution in [0, 0.1) is 0 Å². The molecule has 0 radical (unpaired) electrons. The smallest absolute Gasteiger partial charge is 0.248 e. The first-order chi connectivity index (χ1) is 6.88. The molecule has 1 amide bonds. The molecule has 0 fully saturated rings. The Labute approximate surface area is 90.5 Å². The Kier molecular flexibility index (Phi) is 3.48. The molecule has 1 aromatic carbocycles. The Balaban J connectivity index is 2.61. The summed E-state index contributed by atoms with van der Waals surface area (Å²) in [5.74, 6) is -0.388. The predicted octanol–water partition coefficient (Wildman–Crippen LogP) is 1.46. The van der Waals surface area contributed by atoms with Crippen molar-refractivity contribution in [1.29, 1.82) is 0 Å². The van der Waals surface area contributed by atoms with Crippen LogP contribution in [0.25, 0.3) is 0 Å². The van der Waals surface area contributed by atoms with Crippen LogP contribution in [0.15, 0.2) is 24.3 Å². The third-order valence-electron chi connectivity index (χ3n) is 2.30. The van der Waals surface area contributed by atoms with E-state index in [0.29, 0.717) is 5.56 Å². The minimum atomic E-state index is -0.388. The van der Waals surface area contributed by atoms with Gasteiger partial charge in [-0.3, -0.25) is 4.79 Å². The van der Waals surface area contributed by atoms with Gasteiger partial charge in [0.1, 0.15) is 0 Å². The number of carbonyl (C=O) groups is 1. The van der Waals surface area contributed by atoms with Crippen LogP contribution in [0.2, 0.25) is 0 Å². The fraction of sp³-hybridized carbons (Fsp3) is 0.417. The summed E-state index contributed by atoms with van der Waals surface area (Å²) in [7, 11) is 0. The summed E-state index contributed by atoms with van der Waals surface area (Å²) >= 11 is 0. The summed E-state index contributed by atoms with van der Waals surface area (Å²) in [6, 6.07) is 7.35. The van der Waals surface area contributed by atoms with E-state index in [1.54, 1.807) is 12.1 Å². The zero-order valence-electron chi connectivity index (χ0n) is 9.29. The Hall–Kier alpha value is -1.35. The van der Waals surface area contributed by atoms with E-state index in [0.717, 1.165) is 12.8 Å². The van der Waals surface area contributed by atoms with Crippen molar-refractivity contribution in [1.82, 2.24) is 0 Å². The number of carbonyl (C=O) groups excluding carboxylic acids is 1. The normalized spacial score (nSPS) is 11.4. The zero-order chi connectivity index (χ0) is 11.5. The van der Waals surface area contributed by atoms with Gasteiger partial charge in [0, 0.05) is 11.1 Å². The van der Waals surface area contributed by atoms with Crippen molar-refractivity contribution in [2.75, 3.05) is 0 Å². The number of primary amides is 1. The summed E-state index contributed by atoms with van der Waals surface area (Å²) in [6.07, 6.45) is 1.84. The van der Waals surface area contributed by atoms with Crippen LogP contribution in [0.3, 0.4) is 0 Å². The average Bonchev–Trinajstić information content (AvgIpc) is 2.14. The molecule has 0 aliphatic carbocycles. The molecule has 1 aromatic rings. The molecule has 1 rings (SSSR count). The fourth-order valence-electron chi connectivity index (χ4n) is 1.30. The van der Waals surface area contributed by atoms with Gasteiger partial charge in [-0.15, -0.1) is 0 Å². The summed E-state index contributed by atoms with van der Waals surface area (Å²) < 4.78 is 0. The maximum absolute atomic E-state index is 10.8. The highest BCUT2D eigenvalue weighted by Crippen LogP contribution is 2.11. The molecule has 0 saturated heterocycles. The van der Waals surface area contributed by atoms with Crippen LogP contribution < -0.4 is 11.5 Å². The fourth-order valence-corrected chi connectivity index (χ4v) is 1.30. The molecule has 0 aliphatic rings. The van der Waals surface area contributed by atoms with Crippen LogP contribution >= 0.6 is 0 Å². The van der Waals surface area contributed by atoms with E-state index in [-0.39, 0.29) is 11.4 Å². The van der Waals surface area contributed by atoms with Crippen LogP contribution in [0.4, 0.5) is 0 Å². The second-order valence-electron chi connectivity index (χ2n) is 4.55. The van der Waals surface area contributed by atoms with Gasteiger partial charge in [0.05, 0.1) is 0 Å². The Bertz CT molecular complexity index is 336. The molecule has 3 heteroatoms. The lowest BCUT2D eigenvalue weighted by molar-refractivity contribution is 0.100. The number of hydrogen-bond donors (Lipinski definition) is 2. The second-order valence-corrected chi connectivity index (χ2v) is 4.55. The second kappa shape index (κ2) is 4.45. The quantitative estimate of drug-likeness (QED) is 0.783. The number of rotatable bonds is 4. The van der Waals surface area contributed by atoms with Crippen LogP contribution in [0.5, 0.6) is 0 Å². The van der Waals surface area contributed by atoms with Gasteiger partial charge in [-0.25, -0.2) is 0 Å². The van der Waals surface area contributed by atoms with Gasteiger partial charge in [0.2, 0.25) is 5.91 Å². The van der Waals surface area contributed by atoms with Crippen molar-refractivity contribution in [3.63, 3.8) is 0 Å². The number of aryl methyl sites for hydroxylation is 1. The molecule has 0 bridgehead atoms. The summed E-state index contributed by atoms with van der Waals surface area (Å²) in [5.41, 5.74) is 12.6. The van der Waals surface area contributed by atoms with Crippen molar-refractivity contribution in [3.05, 3.63) is 35.4 Å². The van der Waals surface area contributed by atoms with Crippen molar-refractivity contribution in [2.45, 2.75) is 32.2 Å². The van der Waals surface area contributed by atoms with E-state index >= 15 is 0 Å². The van der Waals surface area contributed by atoms with Crippen LogP contribution in [0.1, 0.15) is 36.2 Å². The van der Waals surface area contributed by atoms with E-state index < -0.39 is 0 Å². The van der Waals surface area contributed by atoms with Crippen LogP contribution in [-0.2, 0) is 6.42 Å². The molecule has 0 unspecified atom stereocenters. The van der Waals surface area contributed by atoms with Gasteiger partial charge >= 0.3 is 0 Å².